The molecule has 2 nitrogen and oxygen atoms in total. The van der Waals surface area contributed by atoms with Crippen molar-refractivity contribution in [2.75, 3.05) is 0 Å². The average Bonchev–Trinajstić information content (AvgIpc) is 2.46. The van der Waals surface area contributed by atoms with E-state index in [-0.39, 0.29) is 0 Å². The highest BCUT2D eigenvalue weighted by Gasteiger charge is 1.98. The fraction of sp³-hybridized carbons (Fsp3) is 0.235. The summed E-state index contributed by atoms with van der Waals surface area (Å²) in [5, 5.41) is 0. The number of para-hydroxylation sites is 1. The first kappa shape index (κ1) is 13.3. The third kappa shape index (κ3) is 4.59. The molecule has 0 spiro atoms. The third-order valence-corrected chi connectivity index (χ3v) is 2.94. The fourth-order valence-electron chi connectivity index (χ4n) is 1.91. The molecule has 0 saturated heterocycles. The monoisotopic (exact) mass is 254 g/mol. The summed E-state index contributed by atoms with van der Waals surface area (Å²) in [6.07, 6.45) is 4.68. The number of unbranched alkanes of at least 4 members (excludes halogenated alkanes) is 2. The number of hydrogen-bond donors (Lipinski definition) is 0. The molecule has 0 fully saturated rings. The van der Waals surface area contributed by atoms with Gasteiger partial charge in [-0.25, -0.2) is 0 Å². The predicted octanol–water partition coefficient (Wildman–Crippen LogP) is 4.39. The number of rotatable bonds is 7. The molecule has 0 atom stereocenters. The Labute approximate surface area is 114 Å². The van der Waals surface area contributed by atoms with Crippen LogP contribution in [0.4, 0.5) is 0 Å². The molecular formula is C17H18O2. The predicted molar refractivity (Wildman–Crippen MR) is 76.6 cm³/mol. The Kier molecular flexibility index (Phi) is 5.17. The number of carbonyl (C=O) groups excluding carboxylic acids is 1. The van der Waals surface area contributed by atoms with Gasteiger partial charge >= 0.3 is 0 Å². The molecule has 0 saturated carbocycles. The molecule has 2 rings (SSSR count). The Bertz CT molecular complexity index is 488. The van der Waals surface area contributed by atoms with Gasteiger partial charge in [0, 0.05) is 6.42 Å². The summed E-state index contributed by atoms with van der Waals surface area (Å²) < 4.78 is 5.73. The zero-order valence-corrected chi connectivity index (χ0v) is 10.9. The van der Waals surface area contributed by atoms with E-state index >= 15 is 0 Å². The second-order valence-corrected chi connectivity index (χ2v) is 4.47. The lowest BCUT2D eigenvalue weighted by atomic mass is 10.1. The van der Waals surface area contributed by atoms with Gasteiger partial charge in [0.05, 0.1) is 0 Å². The highest BCUT2D eigenvalue weighted by atomic mass is 16.5. The van der Waals surface area contributed by atoms with E-state index in [1.165, 1.54) is 5.56 Å². The molecule has 0 aromatic heterocycles. The lowest BCUT2D eigenvalue weighted by Gasteiger charge is -2.06. The molecule has 0 bridgehead atoms. The summed E-state index contributed by atoms with van der Waals surface area (Å²) in [6, 6.07) is 17.9. The van der Waals surface area contributed by atoms with E-state index in [2.05, 4.69) is 12.1 Å². The first-order valence-electron chi connectivity index (χ1n) is 6.64. The van der Waals surface area contributed by atoms with Gasteiger partial charge in [0.25, 0.3) is 0 Å². The normalized spacial score (nSPS) is 10.1. The van der Waals surface area contributed by atoms with E-state index in [1.54, 1.807) is 0 Å². The Morgan fingerprint density at radius 1 is 0.842 bits per heavy atom. The number of aldehydes is 1. The average molecular weight is 254 g/mol. The Morgan fingerprint density at radius 3 is 2.21 bits per heavy atom. The summed E-state index contributed by atoms with van der Waals surface area (Å²) in [4.78, 5) is 10.2. The maximum atomic E-state index is 10.2. The highest BCUT2D eigenvalue weighted by Crippen LogP contribution is 2.21. The van der Waals surface area contributed by atoms with Crippen LogP contribution in [0.3, 0.4) is 0 Å². The first-order valence-corrected chi connectivity index (χ1v) is 6.64. The Hall–Kier alpha value is -2.09. The number of ether oxygens (including phenoxy) is 1. The Balaban J connectivity index is 1.86. The van der Waals surface area contributed by atoms with E-state index < -0.39 is 0 Å². The van der Waals surface area contributed by atoms with Crippen LogP contribution < -0.4 is 4.74 Å². The number of carbonyl (C=O) groups is 1. The maximum absolute atomic E-state index is 10.2. The molecule has 0 aliphatic heterocycles. The van der Waals surface area contributed by atoms with Crippen molar-refractivity contribution < 1.29 is 9.53 Å². The van der Waals surface area contributed by atoms with Crippen molar-refractivity contribution in [3.8, 4) is 11.5 Å². The van der Waals surface area contributed by atoms with E-state index in [0.717, 1.165) is 37.0 Å². The van der Waals surface area contributed by atoms with Crippen molar-refractivity contribution in [1.82, 2.24) is 0 Å². The second kappa shape index (κ2) is 7.37. The summed E-state index contributed by atoms with van der Waals surface area (Å²) in [7, 11) is 0. The third-order valence-electron chi connectivity index (χ3n) is 2.94. The first-order chi connectivity index (χ1) is 9.38. The van der Waals surface area contributed by atoms with Crippen molar-refractivity contribution in [2.45, 2.75) is 25.7 Å². The van der Waals surface area contributed by atoms with E-state index in [1.807, 2.05) is 42.5 Å². The lowest BCUT2D eigenvalue weighted by Crippen LogP contribution is -1.88. The summed E-state index contributed by atoms with van der Waals surface area (Å²) in [6.45, 7) is 0. The quantitative estimate of drug-likeness (QED) is 0.541. The van der Waals surface area contributed by atoms with Gasteiger partial charge in [-0.15, -0.1) is 0 Å². The SMILES string of the molecule is O=CCCCCc1ccc(Oc2ccccc2)cc1. The molecule has 0 aliphatic carbocycles. The van der Waals surface area contributed by atoms with Crippen LogP contribution in [0.1, 0.15) is 24.8 Å². The van der Waals surface area contributed by atoms with Gasteiger partial charge in [0.1, 0.15) is 17.8 Å². The maximum Gasteiger partial charge on any atom is 0.127 e. The van der Waals surface area contributed by atoms with Crippen molar-refractivity contribution in [2.24, 2.45) is 0 Å². The highest BCUT2D eigenvalue weighted by molar-refractivity contribution is 5.48. The standard InChI is InChI=1S/C17H18O2/c18-14-6-2-3-7-15-10-12-17(13-11-15)19-16-8-4-1-5-9-16/h1,4-5,8-14H,2-3,6-7H2. The topological polar surface area (TPSA) is 26.3 Å². The zero-order chi connectivity index (χ0) is 13.3. The summed E-state index contributed by atoms with van der Waals surface area (Å²) in [5.74, 6) is 1.70. The van der Waals surface area contributed by atoms with E-state index in [0.29, 0.717) is 6.42 Å². The van der Waals surface area contributed by atoms with Crippen molar-refractivity contribution >= 4 is 6.29 Å². The molecule has 0 unspecified atom stereocenters. The van der Waals surface area contributed by atoms with Gasteiger partial charge in [-0.2, -0.15) is 0 Å². The zero-order valence-electron chi connectivity index (χ0n) is 10.9. The number of aryl methyl sites for hydroxylation is 1. The molecular weight excluding hydrogens is 236 g/mol. The van der Waals surface area contributed by atoms with E-state index in [9.17, 15) is 4.79 Å². The lowest BCUT2D eigenvalue weighted by molar-refractivity contribution is -0.107. The van der Waals surface area contributed by atoms with Crippen molar-refractivity contribution in [1.29, 1.82) is 0 Å². The molecule has 2 heteroatoms. The molecule has 0 amide bonds. The minimum Gasteiger partial charge on any atom is -0.457 e. The van der Waals surface area contributed by atoms with Gasteiger partial charge in [0.15, 0.2) is 0 Å². The largest absolute Gasteiger partial charge is 0.457 e. The number of benzene rings is 2. The smallest absolute Gasteiger partial charge is 0.127 e. The Morgan fingerprint density at radius 2 is 1.53 bits per heavy atom. The molecule has 19 heavy (non-hydrogen) atoms. The molecule has 0 radical (unpaired) electrons. The van der Waals surface area contributed by atoms with Gasteiger partial charge in [-0.05, 0) is 49.1 Å². The minimum atomic E-state index is 0.662. The van der Waals surface area contributed by atoms with Crippen LogP contribution in [0.2, 0.25) is 0 Å². The van der Waals surface area contributed by atoms with Crippen LogP contribution in [-0.2, 0) is 11.2 Å². The van der Waals surface area contributed by atoms with Crippen molar-refractivity contribution in [3.05, 3.63) is 60.2 Å². The second-order valence-electron chi connectivity index (χ2n) is 4.47. The minimum absolute atomic E-state index is 0.662. The molecule has 98 valence electrons. The van der Waals surface area contributed by atoms with Gasteiger partial charge in [-0.1, -0.05) is 30.3 Å². The number of hydrogen-bond acceptors (Lipinski definition) is 2. The fourth-order valence-corrected chi connectivity index (χ4v) is 1.91. The van der Waals surface area contributed by atoms with E-state index in [4.69, 9.17) is 4.74 Å². The van der Waals surface area contributed by atoms with Gasteiger partial charge in [-0.3, -0.25) is 0 Å². The molecule has 0 N–H and O–H groups in total. The molecule has 0 heterocycles. The van der Waals surface area contributed by atoms with Crippen LogP contribution in [-0.4, -0.2) is 6.29 Å². The van der Waals surface area contributed by atoms with Crippen LogP contribution in [0, 0.1) is 0 Å². The molecule has 2 aromatic rings. The van der Waals surface area contributed by atoms with Crippen LogP contribution in [0.15, 0.2) is 54.6 Å². The van der Waals surface area contributed by atoms with Crippen LogP contribution >= 0.6 is 0 Å². The van der Waals surface area contributed by atoms with Gasteiger partial charge < -0.3 is 9.53 Å². The van der Waals surface area contributed by atoms with Gasteiger partial charge in [0.2, 0.25) is 0 Å². The van der Waals surface area contributed by atoms with Crippen molar-refractivity contribution in [3.63, 3.8) is 0 Å². The van der Waals surface area contributed by atoms with Crippen LogP contribution in [0.5, 0.6) is 11.5 Å². The molecule has 2 aromatic carbocycles. The van der Waals surface area contributed by atoms with Crippen LogP contribution in [0.25, 0.3) is 0 Å². The summed E-state index contributed by atoms with van der Waals surface area (Å²) in [5.41, 5.74) is 1.28. The summed E-state index contributed by atoms with van der Waals surface area (Å²) >= 11 is 0. The molecule has 0 aliphatic rings.